The van der Waals surface area contributed by atoms with Crippen molar-refractivity contribution in [1.29, 1.82) is 0 Å². The summed E-state index contributed by atoms with van der Waals surface area (Å²) in [7, 11) is 0.500. The second-order valence-corrected chi connectivity index (χ2v) is 5.18. The summed E-state index contributed by atoms with van der Waals surface area (Å²) < 4.78 is 9.50. The molecule has 1 spiro atoms. The summed E-state index contributed by atoms with van der Waals surface area (Å²) in [6.45, 7) is 0. The first-order valence-corrected chi connectivity index (χ1v) is 6.33. The van der Waals surface area contributed by atoms with Gasteiger partial charge in [-0.15, -0.1) is 0 Å². The first-order valence-electron chi connectivity index (χ1n) is 6.33. The molecule has 0 amide bonds. The zero-order chi connectivity index (χ0) is 11.4. The van der Waals surface area contributed by atoms with Crippen LogP contribution in [0, 0.1) is 5.41 Å². The van der Waals surface area contributed by atoms with E-state index in [2.05, 4.69) is 24.3 Å². The Morgan fingerprint density at radius 2 is 1.38 bits per heavy atom. The summed E-state index contributed by atoms with van der Waals surface area (Å²) in [4.78, 5) is 0. The molecule has 2 aliphatic carbocycles. The van der Waals surface area contributed by atoms with E-state index in [1.807, 2.05) is 0 Å². The molecule has 88 valence electrons. The van der Waals surface area contributed by atoms with Gasteiger partial charge in [0.2, 0.25) is 0 Å². The lowest BCUT2D eigenvalue weighted by Crippen LogP contribution is -2.24. The molecule has 0 atom stereocenters. The van der Waals surface area contributed by atoms with Crippen LogP contribution in [0.15, 0.2) is 24.3 Å². The molecule has 1 aromatic carbocycles. The van der Waals surface area contributed by atoms with Crippen LogP contribution in [0.5, 0.6) is 0 Å². The van der Waals surface area contributed by atoms with Crippen molar-refractivity contribution in [3.8, 4) is 0 Å². The normalized spacial score (nSPS) is 21.1. The van der Waals surface area contributed by atoms with Crippen LogP contribution in [-0.4, -0.2) is 7.18 Å². The quantitative estimate of drug-likeness (QED) is 0.610. The zero-order valence-corrected chi connectivity index (χ0v) is 10.1. The van der Waals surface area contributed by atoms with Crippen LogP contribution in [-0.2, 0) is 12.8 Å². The highest BCUT2D eigenvalue weighted by Crippen LogP contribution is 2.46. The van der Waals surface area contributed by atoms with Crippen molar-refractivity contribution in [3.05, 3.63) is 35.4 Å². The molecule has 0 bridgehead atoms. The lowest BCUT2D eigenvalue weighted by Gasteiger charge is -2.33. The van der Waals surface area contributed by atoms with Crippen molar-refractivity contribution in [2.24, 2.45) is 5.41 Å². The van der Waals surface area contributed by atoms with E-state index >= 15 is 0 Å². The van der Waals surface area contributed by atoms with Gasteiger partial charge < -0.3 is 0 Å². The maximum atomic E-state index is 9.50. The minimum Gasteiger partial charge on any atom is -0.255 e. The van der Waals surface area contributed by atoms with E-state index in [0.29, 0.717) is 12.6 Å². The van der Waals surface area contributed by atoms with Gasteiger partial charge in [0.05, 0.1) is 7.18 Å². The molecule has 0 N–H and O–H groups in total. The van der Waals surface area contributed by atoms with Gasteiger partial charge in [-0.2, -0.15) is 0 Å². The Morgan fingerprint density at radius 3 is 1.88 bits per heavy atom. The molecule has 0 radical (unpaired) electrons. The molecule has 1 fully saturated rings. The fourth-order valence-electron chi connectivity index (χ4n) is 3.43. The summed E-state index contributed by atoms with van der Waals surface area (Å²) >= 11 is 0. The van der Waals surface area contributed by atoms with Crippen molar-refractivity contribution >= 4 is 0 Å². The van der Waals surface area contributed by atoms with Gasteiger partial charge in [0.1, 0.15) is 0 Å². The van der Waals surface area contributed by atoms with E-state index in [4.69, 9.17) is 0 Å². The maximum Gasteiger partial charge on any atom is 0.0785 e. The Bertz CT molecular complexity index is 310. The summed E-state index contributed by atoms with van der Waals surface area (Å²) in [5, 5.41) is 0. The lowest BCUT2D eigenvalue weighted by atomic mass is 9.72. The molecule has 0 saturated heterocycles. The first-order chi connectivity index (χ1) is 7.88. The summed E-state index contributed by atoms with van der Waals surface area (Å²) in [6, 6.07) is 9.05. The molecule has 1 aromatic rings. The van der Waals surface area contributed by atoms with Crippen LogP contribution in [0.1, 0.15) is 43.2 Å². The number of benzene rings is 1. The highest BCUT2D eigenvalue weighted by molar-refractivity contribution is 5.34. The maximum absolute atomic E-state index is 9.50. The van der Waals surface area contributed by atoms with Crippen molar-refractivity contribution < 1.29 is 4.39 Å². The summed E-state index contributed by atoms with van der Waals surface area (Å²) in [5.41, 5.74) is 3.95. The molecular weight excluding hydrogens is 199 g/mol. The Hall–Kier alpha value is -0.850. The molecule has 3 rings (SSSR count). The smallest absolute Gasteiger partial charge is 0.0785 e. The molecule has 0 aromatic heterocycles. The fourth-order valence-corrected chi connectivity index (χ4v) is 3.43. The number of hydrogen-bond acceptors (Lipinski definition) is 0. The van der Waals surface area contributed by atoms with E-state index in [-0.39, 0.29) is 0 Å². The van der Waals surface area contributed by atoms with E-state index in [1.165, 1.54) is 44.9 Å². The van der Waals surface area contributed by atoms with Crippen molar-refractivity contribution in [3.63, 3.8) is 0 Å². The minimum atomic E-state index is 0.500. The SMILES string of the molecule is CF.c1ccc2c(c1)CC1(CCCCC1)C2. The van der Waals surface area contributed by atoms with Crippen LogP contribution in [0.25, 0.3) is 0 Å². The van der Waals surface area contributed by atoms with E-state index in [9.17, 15) is 4.39 Å². The standard InChI is InChI=1S/C14H18.CH3F/c1-4-8-14(9-5-1)10-12-6-2-3-7-13(12)11-14;1-2/h2-3,6-7H,1,4-5,8-11H2;1H3. The largest absolute Gasteiger partial charge is 0.255 e. The van der Waals surface area contributed by atoms with Crippen molar-refractivity contribution in [1.82, 2.24) is 0 Å². The van der Waals surface area contributed by atoms with Crippen molar-refractivity contribution in [2.75, 3.05) is 7.18 Å². The summed E-state index contributed by atoms with van der Waals surface area (Å²) in [6.07, 6.45) is 10.1. The fraction of sp³-hybridized carbons (Fsp3) is 0.600. The van der Waals surface area contributed by atoms with E-state index in [1.54, 1.807) is 11.1 Å². The second kappa shape index (κ2) is 4.99. The van der Waals surface area contributed by atoms with Gasteiger partial charge in [-0.1, -0.05) is 43.5 Å². The first kappa shape index (κ1) is 11.6. The third-order valence-corrected chi connectivity index (χ3v) is 4.16. The van der Waals surface area contributed by atoms with Gasteiger partial charge in [0.25, 0.3) is 0 Å². The monoisotopic (exact) mass is 220 g/mol. The molecule has 0 nitrogen and oxygen atoms in total. The molecule has 1 heteroatoms. The number of fused-ring (bicyclic) bond motifs is 1. The second-order valence-electron chi connectivity index (χ2n) is 5.18. The van der Waals surface area contributed by atoms with Gasteiger partial charge in [-0.25, -0.2) is 0 Å². The molecular formula is C15H21F. The molecule has 1 saturated carbocycles. The Morgan fingerprint density at radius 1 is 0.875 bits per heavy atom. The van der Waals surface area contributed by atoms with Crippen LogP contribution in [0.2, 0.25) is 0 Å². The molecule has 0 heterocycles. The highest BCUT2D eigenvalue weighted by atomic mass is 19.1. The number of halogens is 1. The molecule has 16 heavy (non-hydrogen) atoms. The topological polar surface area (TPSA) is 0 Å². The van der Waals surface area contributed by atoms with Crippen LogP contribution < -0.4 is 0 Å². The van der Waals surface area contributed by atoms with Gasteiger partial charge in [-0.05, 0) is 42.2 Å². The minimum absolute atomic E-state index is 0.500. The lowest BCUT2D eigenvalue weighted by molar-refractivity contribution is 0.203. The number of hydrogen-bond donors (Lipinski definition) is 0. The predicted octanol–water partition coefficient (Wildman–Crippen LogP) is 4.32. The third-order valence-electron chi connectivity index (χ3n) is 4.16. The van der Waals surface area contributed by atoms with Gasteiger partial charge in [0.15, 0.2) is 0 Å². The zero-order valence-electron chi connectivity index (χ0n) is 10.1. The Kier molecular flexibility index (Phi) is 3.63. The average Bonchev–Trinajstić information content (AvgIpc) is 2.70. The molecule has 0 unspecified atom stereocenters. The Balaban J connectivity index is 0.000000457. The van der Waals surface area contributed by atoms with Gasteiger partial charge in [0, 0.05) is 0 Å². The summed E-state index contributed by atoms with van der Waals surface area (Å²) in [5.74, 6) is 0. The molecule has 2 aliphatic rings. The average molecular weight is 220 g/mol. The van der Waals surface area contributed by atoms with E-state index < -0.39 is 0 Å². The van der Waals surface area contributed by atoms with Crippen LogP contribution in [0.3, 0.4) is 0 Å². The molecule has 0 aliphatic heterocycles. The van der Waals surface area contributed by atoms with Gasteiger partial charge in [-0.3, -0.25) is 4.39 Å². The third kappa shape index (κ3) is 2.14. The Labute approximate surface area is 97.9 Å². The van der Waals surface area contributed by atoms with Gasteiger partial charge >= 0.3 is 0 Å². The highest BCUT2D eigenvalue weighted by Gasteiger charge is 2.37. The van der Waals surface area contributed by atoms with Crippen LogP contribution in [0.4, 0.5) is 4.39 Å². The van der Waals surface area contributed by atoms with E-state index in [0.717, 1.165) is 0 Å². The van der Waals surface area contributed by atoms with Crippen molar-refractivity contribution in [2.45, 2.75) is 44.9 Å². The number of rotatable bonds is 0. The number of alkyl halides is 1. The van der Waals surface area contributed by atoms with Crippen LogP contribution >= 0.6 is 0 Å². The predicted molar refractivity (Wildman–Crippen MR) is 66.4 cm³/mol.